The van der Waals surface area contributed by atoms with Crippen molar-refractivity contribution in [2.45, 2.75) is 25.8 Å². The van der Waals surface area contributed by atoms with E-state index >= 15 is 0 Å². The molecule has 0 saturated heterocycles. The number of anilines is 1. The molecule has 1 fully saturated rings. The minimum Gasteiger partial charge on any atom is -0.305 e. The van der Waals surface area contributed by atoms with Crippen molar-refractivity contribution in [3.63, 3.8) is 0 Å². The Balaban J connectivity index is 2.03. The van der Waals surface area contributed by atoms with Crippen molar-refractivity contribution >= 4 is 46.4 Å². The Hall–Kier alpha value is -1.22. The Bertz CT molecular complexity index is 729. The normalized spacial score (nSPS) is 15.3. The summed E-state index contributed by atoms with van der Waals surface area (Å²) in [6, 6.07) is 12.8. The second-order valence-electron chi connectivity index (χ2n) is 5.83. The lowest BCUT2D eigenvalue weighted by molar-refractivity contribution is 0.0976. The van der Waals surface area contributed by atoms with E-state index in [1.165, 1.54) is 6.07 Å². The second kappa shape index (κ2) is 6.72. The smallest absolute Gasteiger partial charge is 0.260 e. The van der Waals surface area contributed by atoms with Gasteiger partial charge in [-0.1, -0.05) is 53.0 Å². The molecule has 0 aliphatic heterocycles. The summed E-state index contributed by atoms with van der Waals surface area (Å²) in [4.78, 5) is 15.0. The van der Waals surface area contributed by atoms with Gasteiger partial charge in [0, 0.05) is 11.7 Å². The van der Waals surface area contributed by atoms with Crippen molar-refractivity contribution in [2.24, 2.45) is 5.92 Å². The van der Waals surface area contributed by atoms with E-state index in [0.717, 1.165) is 18.5 Å². The molecule has 3 rings (SSSR count). The van der Waals surface area contributed by atoms with Gasteiger partial charge in [-0.15, -0.1) is 0 Å². The van der Waals surface area contributed by atoms with Gasteiger partial charge in [-0.3, -0.25) is 4.79 Å². The van der Waals surface area contributed by atoms with Crippen LogP contribution >= 0.6 is 34.8 Å². The molecule has 1 saturated carbocycles. The molecular weight excluding hydrogens is 353 g/mol. The summed E-state index contributed by atoms with van der Waals surface area (Å²) in [5.74, 6) is 0.375. The minimum atomic E-state index is -0.154. The standard InChI is InChI=1S/C18H16Cl3NO/c1-11(12-7-8-12)22(13-5-3-2-4-6-13)18(23)14-9-16(20)17(21)10-15(14)19/h2-6,9-12H,7-8H2,1H3. The molecule has 1 atom stereocenters. The minimum absolute atomic E-state index is 0.107. The third kappa shape index (κ3) is 3.50. The molecule has 2 aromatic carbocycles. The van der Waals surface area contributed by atoms with Gasteiger partial charge < -0.3 is 4.90 Å². The average Bonchev–Trinajstić information content (AvgIpc) is 3.37. The molecule has 1 aliphatic rings. The zero-order valence-electron chi connectivity index (χ0n) is 12.6. The van der Waals surface area contributed by atoms with Crippen LogP contribution in [0.25, 0.3) is 0 Å². The molecular formula is C18H16Cl3NO. The lowest BCUT2D eigenvalue weighted by Gasteiger charge is -2.30. The zero-order chi connectivity index (χ0) is 16.6. The van der Waals surface area contributed by atoms with Crippen LogP contribution in [0, 0.1) is 5.92 Å². The van der Waals surface area contributed by atoms with Crippen LogP contribution in [-0.2, 0) is 0 Å². The number of nitrogens with zero attached hydrogens (tertiary/aromatic N) is 1. The Morgan fingerprint density at radius 2 is 1.65 bits per heavy atom. The third-order valence-corrected chi connectivity index (χ3v) is 5.24. The molecule has 0 spiro atoms. The second-order valence-corrected chi connectivity index (χ2v) is 7.06. The van der Waals surface area contributed by atoms with Crippen LogP contribution in [0.4, 0.5) is 5.69 Å². The molecule has 2 nitrogen and oxygen atoms in total. The maximum absolute atomic E-state index is 13.1. The van der Waals surface area contributed by atoms with Crippen LogP contribution in [-0.4, -0.2) is 11.9 Å². The first-order valence-electron chi connectivity index (χ1n) is 7.52. The number of halogens is 3. The van der Waals surface area contributed by atoms with Crippen molar-refractivity contribution in [3.8, 4) is 0 Å². The Kier molecular flexibility index (Phi) is 4.86. The molecule has 0 N–H and O–H groups in total. The number of hydrogen-bond donors (Lipinski definition) is 0. The lowest BCUT2D eigenvalue weighted by Crippen LogP contribution is -2.40. The topological polar surface area (TPSA) is 20.3 Å². The van der Waals surface area contributed by atoms with Crippen LogP contribution in [0.3, 0.4) is 0 Å². The van der Waals surface area contributed by atoms with Gasteiger partial charge in [-0.2, -0.15) is 0 Å². The van der Waals surface area contributed by atoms with Gasteiger partial charge >= 0.3 is 0 Å². The van der Waals surface area contributed by atoms with E-state index in [4.69, 9.17) is 34.8 Å². The summed E-state index contributed by atoms with van der Waals surface area (Å²) >= 11 is 18.3. The van der Waals surface area contributed by atoms with Gasteiger partial charge in [0.2, 0.25) is 0 Å². The van der Waals surface area contributed by atoms with Crippen LogP contribution in [0.15, 0.2) is 42.5 Å². The van der Waals surface area contributed by atoms with Crippen molar-refractivity contribution in [2.75, 3.05) is 4.90 Å². The number of carbonyl (C=O) groups is 1. The highest BCUT2D eigenvalue weighted by Crippen LogP contribution is 2.38. The fourth-order valence-electron chi connectivity index (χ4n) is 2.73. The van der Waals surface area contributed by atoms with Crippen molar-refractivity contribution < 1.29 is 4.79 Å². The predicted octanol–water partition coefficient (Wildman–Crippen LogP) is 6.09. The van der Waals surface area contributed by atoms with Crippen molar-refractivity contribution in [3.05, 3.63) is 63.1 Å². The van der Waals surface area contributed by atoms with Gasteiger partial charge in [-0.25, -0.2) is 0 Å². The summed E-state index contributed by atoms with van der Waals surface area (Å²) in [7, 11) is 0. The number of benzene rings is 2. The van der Waals surface area contributed by atoms with Crippen LogP contribution in [0.2, 0.25) is 15.1 Å². The first kappa shape index (κ1) is 16.6. The van der Waals surface area contributed by atoms with E-state index in [1.54, 1.807) is 6.07 Å². The number of para-hydroxylation sites is 1. The van der Waals surface area contributed by atoms with E-state index in [1.807, 2.05) is 35.2 Å². The van der Waals surface area contributed by atoms with E-state index in [0.29, 0.717) is 26.5 Å². The highest BCUT2D eigenvalue weighted by atomic mass is 35.5. The number of carbonyl (C=O) groups excluding carboxylic acids is 1. The van der Waals surface area contributed by atoms with Crippen LogP contribution in [0.1, 0.15) is 30.1 Å². The molecule has 0 radical (unpaired) electrons. The highest BCUT2D eigenvalue weighted by molar-refractivity contribution is 6.44. The number of amides is 1. The monoisotopic (exact) mass is 367 g/mol. The first-order chi connectivity index (χ1) is 11.0. The van der Waals surface area contributed by atoms with Crippen molar-refractivity contribution in [1.82, 2.24) is 0 Å². The lowest BCUT2D eigenvalue weighted by atomic mass is 10.1. The van der Waals surface area contributed by atoms with Gasteiger partial charge in [0.05, 0.1) is 20.6 Å². The Morgan fingerprint density at radius 1 is 1.04 bits per heavy atom. The molecule has 5 heteroatoms. The summed E-state index contributed by atoms with van der Waals surface area (Å²) < 4.78 is 0. The molecule has 120 valence electrons. The molecule has 23 heavy (non-hydrogen) atoms. The molecule has 1 amide bonds. The molecule has 2 aromatic rings. The van der Waals surface area contributed by atoms with E-state index in [-0.39, 0.29) is 11.9 Å². The number of rotatable bonds is 4. The quantitative estimate of drug-likeness (QED) is 0.598. The fraction of sp³-hybridized carbons (Fsp3) is 0.278. The molecule has 0 heterocycles. The molecule has 0 bridgehead atoms. The van der Waals surface area contributed by atoms with Crippen molar-refractivity contribution in [1.29, 1.82) is 0 Å². The van der Waals surface area contributed by atoms with Gasteiger partial charge in [0.15, 0.2) is 0 Å². The average molecular weight is 369 g/mol. The van der Waals surface area contributed by atoms with Crippen LogP contribution < -0.4 is 4.90 Å². The maximum Gasteiger partial charge on any atom is 0.260 e. The highest BCUT2D eigenvalue weighted by Gasteiger charge is 2.36. The molecule has 0 aromatic heterocycles. The molecule has 1 unspecified atom stereocenters. The molecule has 1 aliphatic carbocycles. The Morgan fingerprint density at radius 3 is 2.26 bits per heavy atom. The van der Waals surface area contributed by atoms with E-state index < -0.39 is 0 Å². The van der Waals surface area contributed by atoms with Crippen LogP contribution in [0.5, 0.6) is 0 Å². The largest absolute Gasteiger partial charge is 0.305 e. The Labute approximate surface area is 151 Å². The van der Waals surface area contributed by atoms with E-state index in [2.05, 4.69) is 6.92 Å². The van der Waals surface area contributed by atoms with Gasteiger partial charge in [0.1, 0.15) is 0 Å². The summed E-state index contributed by atoms with van der Waals surface area (Å²) in [5, 5.41) is 0.981. The maximum atomic E-state index is 13.1. The number of hydrogen-bond acceptors (Lipinski definition) is 1. The summed E-state index contributed by atoms with van der Waals surface area (Å²) in [6.07, 6.45) is 2.29. The SMILES string of the molecule is CC(C1CC1)N(C(=O)c1cc(Cl)c(Cl)cc1Cl)c1ccccc1. The fourth-order valence-corrected chi connectivity index (χ4v) is 3.36. The summed E-state index contributed by atoms with van der Waals surface area (Å²) in [5.41, 5.74) is 1.23. The first-order valence-corrected chi connectivity index (χ1v) is 8.65. The third-order valence-electron chi connectivity index (χ3n) is 4.21. The zero-order valence-corrected chi connectivity index (χ0v) is 14.9. The summed E-state index contributed by atoms with van der Waals surface area (Å²) in [6.45, 7) is 2.08. The van der Waals surface area contributed by atoms with Gasteiger partial charge in [-0.05, 0) is 49.9 Å². The predicted molar refractivity (Wildman–Crippen MR) is 96.9 cm³/mol. The van der Waals surface area contributed by atoms with Gasteiger partial charge in [0.25, 0.3) is 5.91 Å². The van der Waals surface area contributed by atoms with E-state index in [9.17, 15) is 4.79 Å².